The van der Waals surface area contributed by atoms with Gasteiger partial charge < -0.3 is 9.88 Å². The highest BCUT2D eigenvalue weighted by Gasteiger charge is 2.44. The number of nitrogens with zero attached hydrogens (tertiary/aromatic N) is 1. The minimum Gasteiger partial charge on any atom is -0.356 e. The zero-order valence-electron chi connectivity index (χ0n) is 15.2. The average Bonchev–Trinajstić information content (AvgIpc) is 3.39. The maximum absolute atomic E-state index is 12.6. The van der Waals surface area contributed by atoms with Gasteiger partial charge in [0.1, 0.15) is 0 Å². The van der Waals surface area contributed by atoms with Crippen molar-refractivity contribution in [3.05, 3.63) is 71.9 Å². The van der Waals surface area contributed by atoms with Crippen molar-refractivity contribution in [2.24, 2.45) is 5.92 Å². The normalized spacial score (nSPS) is 19.0. The number of fused-ring (bicyclic) bond motifs is 1. The monoisotopic (exact) mass is 386 g/mol. The van der Waals surface area contributed by atoms with Crippen LogP contribution in [-0.2, 0) is 17.5 Å². The van der Waals surface area contributed by atoms with E-state index >= 15 is 0 Å². The van der Waals surface area contributed by atoms with E-state index in [1.165, 1.54) is 23.0 Å². The molecule has 0 radical (unpaired) electrons. The van der Waals surface area contributed by atoms with Gasteiger partial charge in [-0.3, -0.25) is 4.79 Å². The molecular formula is C22H21F3N2O. The van der Waals surface area contributed by atoms with Crippen molar-refractivity contribution >= 4 is 16.8 Å². The predicted octanol–water partition coefficient (Wildman–Crippen LogP) is 4.97. The molecule has 0 spiro atoms. The van der Waals surface area contributed by atoms with Crippen LogP contribution in [-0.4, -0.2) is 17.0 Å². The quantitative estimate of drug-likeness (QED) is 0.597. The fourth-order valence-corrected chi connectivity index (χ4v) is 3.70. The predicted molar refractivity (Wildman–Crippen MR) is 102 cm³/mol. The Hall–Kier alpha value is -2.76. The van der Waals surface area contributed by atoms with Crippen molar-refractivity contribution in [3.8, 4) is 0 Å². The number of carbonyl (C=O) groups is 1. The molecule has 1 aliphatic carbocycles. The Balaban J connectivity index is 1.24. The number of hydrogen-bond acceptors (Lipinski definition) is 1. The number of benzene rings is 2. The zero-order chi connectivity index (χ0) is 19.7. The SMILES string of the molecule is O=C(NCCCn1ccc2ccccc21)C1CC1c1ccc(C(F)(F)F)cc1. The molecule has 2 aromatic carbocycles. The molecule has 6 heteroatoms. The maximum Gasteiger partial charge on any atom is 0.416 e. The van der Waals surface area contributed by atoms with Crippen LogP contribution in [0.15, 0.2) is 60.8 Å². The average molecular weight is 386 g/mol. The Morgan fingerprint density at radius 2 is 1.82 bits per heavy atom. The molecule has 3 nitrogen and oxygen atoms in total. The number of hydrogen-bond donors (Lipinski definition) is 1. The summed E-state index contributed by atoms with van der Waals surface area (Å²) >= 11 is 0. The van der Waals surface area contributed by atoms with Gasteiger partial charge in [-0.1, -0.05) is 30.3 Å². The Bertz CT molecular complexity index is 975. The third-order valence-electron chi connectivity index (χ3n) is 5.35. The number of nitrogens with one attached hydrogen (secondary N) is 1. The van der Waals surface area contributed by atoms with Crippen molar-refractivity contribution in [1.29, 1.82) is 0 Å². The summed E-state index contributed by atoms with van der Waals surface area (Å²) in [5, 5.41) is 4.16. The molecule has 1 fully saturated rings. The second-order valence-corrected chi connectivity index (χ2v) is 7.28. The van der Waals surface area contributed by atoms with Gasteiger partial charge in [0, 0.05) is 30.7 Å². The second kappa shape index (κ2) is 7.34. The molecule has 2 unspecified atom stereocenters. The fraction of sp³-hybridized carbons (Fsp3) is 0.318. The van der Waals surface area contributed by atoms with Crippen LogP contribution in [0, 0.1) is 5.92 Å². The number of aryl methyl sites for hydroxylation is 1. The van der Waals surface area contributed by atoms with Crippen LogP contribution in [0.1, 0.15) is 29.9 Å². The summed E-state index contributed by atoms with van der Waals surface area (Å²) in [5.74, 6) is -0.123. The highest BCUT2D eigenvalue weighted by Crippen LogP contribution is 2.47. The molecule has 146 valence electrons. The first-order valence-corrected chi connectivity index (χ1v) is 9.42. The molecule has 1 amide bonds. The van der Waals surface area contributed by atoms with Crippen LogP contribution < -0.4 is 5.32 Å². The van der Waals surface area contributed by atoms with Crippen LogP contribution in [0.5, 0.6) is 0 Å². The third kappa shape index (κ3) is 3.91. The van der Waals surface area contributed by atoms with Gasteiger partial charge in [-0.05, 0) is 54.0 Å². The molecular weight excluding hydrogens is 365 g/mol. The molecule has 3 aromatic rings. The molecule has 0 bridgehead atoms. The molecule has 1 heterocycles. The van der Waals surface area contributed by atoms with Gasteiger partial charge in [0.25, 0.3) is 0 Å². The number of alkyl halides is 3. The largest absolute Gasteiger partial charge is 0.416 e. The van der Waals surface area contributed by atoms with Crippen LogP contribution >= 0.6 is 0 Å². The molecule has 1 aromatic heterocycles. The molecule has 1 saturated carbocycles. The number of aromatic nitrogens is 1. The standard InChI is InChI=1S/C22H21F3N2O/c23-22(24,25)17-8-6-15(7-9-17)18-14-19(18)21(28)26-11-3-12-27-13-10-16-4-1-2-5-20(16)27/h1-2,4-10,13,18-19H,3,11-12,14H2,(H,26,28). The van der Waals surface area contributed by atoms with Crippen LogP contribution in [0.4, 0.5) is 13.2 Å². The minimum absolute atomic E-state index is 0.0118. The van der Waals surface area contributed by atoms with Gasteiger partial charge in [-0.25, -0.2) is 0 Å². The van der Waals surface area contributed by atoms with Gasteiger partial charge in [0.05, 0.1) is 5.56 Å². The molecule has 28 heavy (non-hydrogen) atoms. The lowest BCUT2D eigenvalue weighted by molar-refractivity contribution is -0.137. The first-order chi connectivity index (χ1) is 13.4. The van der Waals surface area contributed by atoms with E-state index in [4.69, 9.17) is 0 Å². The minimum atomic E-state index is -4.33. The summed E-state index contributed by atoms with van der Waals surface area (Å²) in [5.41, 5.74) is 1.32. The van der Waals surface area contributed by atoms with Gasteiger partial charge in [-0.15, -0.1) is 0 Å². The summed E-state index contributed by atoms with van der Waals surface area (Å²) < 4.78 is 40.1. The fourth-order valence-electron chi connectivity index (χ4n) is 3.70. The summed E-state index contributed by atoms with van der Waals surface area (Å²) in [6.45, 7) is 1.41. The van der Waals surface area contributed by atoms with E-state index in [2.05, 4.69) is 28.1 Å². The van der Waals surface area contributed by atoms with Crippen molar-refractivity contribution in [1.82, 2.24) is 9.88 Å². The summed E-state index contributed by atoms with van der Waals surface area (Å²) in [4.78, 5) is 12.3. The van der Waals surface area contributed by atoms with Crippen LogP contribution in [0.25, 0.3) is 10.9 Å². The van der Waals surface area contributed by atoms with E-state index in [-0.39, 0.29) is 17.7 Å². The summed E-state index contributed by atoms with van der Waals surface area (Å²) in [6.07, 6.45) is -0.764. The van der Waals surface area contributed by atoms with Gasteiger partial charge >= 0.3 is 6.18 Å². The van der Waals surface area contributed by atoms with Gasteiger partial charge in [0.15, 0.2) is 0 Å². The smallest absolute Gasteiger partial charge is 0.356 e. The Morgan fingerprint density at radius 3 is 2.57 bits per heavy atom. The topological polar surface area (TPSA) is 34.0 Å². The van der Waals surface area contributed by atoms with E-state index in [9.17, 15) is 18.0 Å². The van der Waals surface area contributed by atoms with Crippen molar-refractivity contribution in [3.63, 3.8) is 0 Å². The Morgan fingerprint density at radius 1 is 1.07 bits per heavy atom. The molecule has 0 saturated heterocycles. The van der Waals surface area contributed by atoms with Crippen molar-refractivity contribution in [2.75, 3.05) is 6.54 Å². The number of halogens is 3. The summed E-state index contributed by atoms with van der Waals surface area (Å²) in [7, 11) is 0. The molecule has 1 aliphatic rings. The Kier molecular flexibility index (Phi) is 4.87. The third-order valence-corrected chi connectivity index (χ3v) is 5.35. The number of amides is 1. The van der Waals surface area contributed by atoms with E-state index in [1.807, 2.05) is 18.3 Å². The lowest BCUT2D eigenvalue weighted by Gasteiger charge is -2.08. The Labute approximate surface area is 161 Å². The van der Waals surface area contributed by atoms with E-state index in [0.717, 1.165) is 30.7 Å². The van der Waals surface area contributed by atoms with Gasteiger partial charge in [-0.2, -0.15) is 13.2 Å². The summed E-state index contributed by atoms with van der Waals surface area (Å²) in [6, 6.07) is 15.4. The van der Waals surface area contributed by atoms with Gasteiger partial charge in [0.2, 0.25) is 5.91 Å². The van der Waals surface area contributed by atoms with Crippen molar-refractivity contribution < 1.29 is 18.0 Å². The molecule has 0 aliphatic heterocycles. The highest BCUT2D eigenvalue weighted by atomic mass is 19.4. The zero-order valence-corrected chi connectivity index (χ0v) is 15.2. The molecule has 2 atom stereocenters. The van der Waals surface area contributed by atoms with Crippen LogP contribution in [0.2, 0.25) is 0 Å². The number of para-hydroxylation sites is 1. The first-order valence-electron chi connectivity index (χ1n) is 9.42. The van der Waals surface area contributed by atoms with Crippen LogP contribution in [0.3, 0.4) is 0 Å². The lowest BCUT2D eigenvalue weighted by atomic mass is 10.1. The molecule has 4 rings (SSSR count). The maximum atomic E-state index is 12.6. The highest BCUT2D eigenvalue weighted by molar-refractivity contribution is 5.83. The van der Waals surface area contributed by atoms with E-state index < -0.39 is 11.7 Å². The number of rotatable bonds is 6. The number of carbonyl (C=O) groups excluding carboxylic acids is 1. The lowest BCUT2D eigenvalue weighted by Crippen LogP contribution is -2.27. The first kappa shape index (κ1) is 18.6. The van der Waals surface area contributed by atoms with E-state index in [0.29, 0.717) is 13.0 Å². The van der Waals surface area contributed by atoms with E-state index in [1.54, 1.807) is 0 Å². The molecule has 1 N–H and O–H groups in total. The second-order valence-electron chi connectivity index (χ2n) is 7.28. The van der Waals surface area contributed by atoms with Crippen molar-refractivity contribution in [2.45, 2.75) is 31.5 Å².